The molecule has 2 aliphatic carbocycles. The van der Waals surface area contributed by atoms with Crippen LogP contribution in [-0.2, 0) is 45.4 Å². The number of rotatable bonds is 24. The van der Waals surface area contributed by atoms with Gasteiger partial charge in [-0.25, -0.2) is 72.4 Å². The van der Waals surface area contributed by atoms with Crippen molar-refractivity contribution in [3.63, 3.8) is 0 Å². The molecule has 0 bridgehead atoms. The fourth-order valence-electron chi connectivity index (χ4n) is 18.2. The van der Waals surface area contributed by atoms with E-state index in [0.717, 1.165) is 115 Å². The first kappa shape index (κ1) is 95.3. The number of hydrogen-bond donors (Lipinski definition) is 0. The Labute approximate surface area is 806 Å². The van der Waals surface area contributed by atoms with E-state index in [1.807, 2.05) is 181 Å². The first-order valence-electron chi connectivity index (χ1n) is 47.5. The maximum atomic E-state index is 13.5. The Hall–Kier alpha value is -15.5. The van der Waals surface area contributed by atoms with Crippen LogP contribution in [0.2, 0.25) is 0 Å². The van der Waals surface area contributed by atoms with Crippen molar-refractivity contribution in [1.29, 1.82) is 0 Å². The zero-order chi connectivity index (χ0) is 95.9. The summed E-state index contributed by atoms with van der Waals surface area (Å²) in [5, 5.41) is 18.9. The average molecular weight is 1880 g/mol. The third kappa shape index (κ3) is 24.3. The number of halogens is 2. The number of carbonyl (C=O) groups excluding carboxylic acids is 4. The number of nitrogens with zero attached hydrogens (tertiary/aromatic N) is 25. The Kier molecular flexibility index (Phi) is 31.5. The molecule has 12 heterocycles. The topological polar surface area (TPSA) is 318 Å². The lowest BCUT2D eigenvalue weighted by Gasteiger charge is -2.35. The standard InChI is InChI=1S/C27H34N6O2.2C26H25FN6O2.C25H31N7O2/c1-20-11-12-28-24(17-20)31-13-15-32(16-14-31)25(34)19-33-27(21-7-4-3-5-8-21)29-26(30-33)22-9-6-10-23(18-22)35-2;1-35-22-6-4-5-20(17-22)25-29-26(19-8-10-21(27)11-9-19)33(30-25)18-24(34)32-15-13-31(14-16-32)23-7-2-3-12-28-23;1-35-22-6-4-5-20(17-22)26-29-25(19-8-10-21(27)11-9-19)30-33(26)18-24(34)32-15-13-31(14-16-32)23-7-2-3-12-28-23;1-34-21-10-5-9-20(17-21)23-28-24(19-7-3-2-4-8-19)32(29-23)18-22(33)30-13-15-31(16-14-30)25-26-11-6-12-27-25/h6,9-12,17-18,21H,3-5,7-8,13-16,19H2,1-2H3;2*2-12,17H,13-16,18H2,1H3;5-6,9-12,17,19H,2-4,7-8,13-16,18H2,1H3. The number of aryl methyl sites for hydroxylation is 1. The maximum absolute atomic E-state index is 13.5. The predicted octanol–water partition coefficient (Wildman–Crippen LogP) is 14.2. The molecule has 0 spiro atoms. The summed E-state index contributed by atoms with van der Waals surface area (Å²) in [4.78, 5) is 111. The molecule has 2 saturated carbocycles. The molecule has 0 radical (unpaired) electrons. The van der Waals surface area contributed by atoms with E-state index in [4.69, 9.17) is 49.1 Å². The minimum absolute atomic E-state index is 0.0350. The Morgan fingerprint density at radius 3 is 1.02 bits per heavy atom. The molecule has 0 N–H and O–H groups in total. The summed E-state index contributed by atoms with van der Waals surface area (Å²) >= 11 is 0. The second kappa shape index (κ2) is 45.9. The van der Waals surface area contributed by atoms with Gasteiger partial charge in [-0.05, 0) is 178 Å². The summed E-state index contributed by atoms with van der Waals surface area (Å²) in [6.07, 6.45) is 20.6. The highest BCUT2D eigenvalue weighted by molar-refractivity contribution is 5.80. The third-order valence-electron chi connectivity index (χ3n) is 25.9. The van der Waals surface area contributed by atoms with Crippen molar-refractivity contribution in [2.75, 3.05) is 153 Å². The van der Waals surface area contributed by atoms with E-state index in [1.165, 1.54) is 68.4 Å². The van der Waals surface area contributed by atoms with E-state index in [2.05, 4.69) is 67.7 Å². The van der Waals surface area contributed by atoms with Crippen LogP contribution in [0.3, 0.4) is 0 Å². The number of benzene rings is 6. The highest BCUT2D eigenvalue weighted by atomic mass is 19.1. The molecule has 14 aromatic rings. The first-order valence-corrected chi connectivity index (χ1v) is 47.5. The van der Waals surface area contributed by atoms with Gasteiger partial charge in [0.1, 0.15) is 89.9 Å². The van der Waals surface area contributed by atoms with Gasteiger partial charge >= 0.3 is 0 Å². The zero-order valence-corrected chi connectivity index (χ0v) is 79.0. The second-order valence-electron chi connectivity index (χ2n) is 34.9. The summed E-state index contributed by atoms with van der Waals surface area (Å²) in [6, 6.07) is 60.1. The molecule has 33 nitrogen and oxygen atoms in total. The fourth-order valence-corrected chi connectivity index (χ4v) is 18.2. The Bertz CT molecular complexity index is 6410. The van der Waals surface area contributed by atoms with Crippen molar-refractivity contribution >= 4 is 47.0 Å². The number of pyridine rings is 3. The lowest BCUT2D eigenvalue weighted by atomic mass is 9.88. The van der Waals surface area contributed by atoms with E-state index >= 15 is 0 Å². The number of piperazine rings is 4. The van der Waals surface area contributed by atoms with Crippen LogP contribution in [-0.4, -0.2) is 260 Å². The molecular weight excluding hydrogens is 1770 g/mol. The van der Waals surface area contributed by atoms with E-state index in [0.29, 0.717) is 154 Å². The maximum Gasteiger partial charge on any atom is 0.244 e. The van der Waals surface area contributed by atoms with Gasteiger partial charge in [-0.2, -0.15) is 10.2 Å². The molecule has 0 unspecified atom stereocenters. The van der Waals surface area contributed by atoms with Gasteiger partial charge in [-0.1, -0.05) is 99.2 Å². The molecule has 139 heavy (non-hydrogen) atoms. The minimum atomic E-state index is -0.338. The number of anilines is 4. The van der Waals surface area contributed by atoms with Gasteiger partial charge in [0.05, 0.1) is 28.4 Å². The van der Waals surface area contributed by atoms with Crippen molar-refractivity contribution in [3.05, 3.63) is 260 Å². The van der Waals surface area contributed by atoms with Crippen molar-refractivity contribution in [1.82, 2.24) is 104 Å². The monoisotopic (exact) mass is 1880 g/mol. The van der Waals surface area contributed by atoms with Gasteiger partial charge in [-0.15, -0.1) is 10.2 Å². The zero-order valence-electron chi connectivity index (χ0n) is 79.0. The van der Waals surface area contributed by atoms with Crippen molar-refractivity contribution in [2.24, 2.45) is 0 Å². The highest BCUT2D eigenvalue weighted by Crippen LogP contribution is 2.37. The van der Waals surface area contributed by atoms with E-state index < -0.39 is 0 Å². The molecule has 4 saturated heterocycles. The SMILES string of the molecule is COc1cccc(-c2nc(-c3ccc(F)cc3)n(CC(=O)N3CCN(c4ccccn4)CC3)n2)c1.COc1cccc(-c2nc(-c3ccc(F)cc3)nn2CC(=O)N2CCN(c3ccccn3)CC2)c1.COc1cccc(-c2nc(C3CCCCC3)n(CC(=O)N3CCN(c4cc(C)ccn4)CC3)n2)c1.COc1cccc(-c2nc(C3CCCCC3)n(CC(=O)N3CCN(c4ncccn4)CC3)n2)c1. The molecule has 35 heteroatoms. The van der Waals surface area contributed by atoms with Crippen LogP contribution in [0.5, 0.6) is 23.0 Å². The normalized spacial score (nSPS) is 15.3. The summed E-state index contributed by atoms with van der Waals surface area (Å²) in [5.41, 5.74) is 5.90. The molecule has 6 fully saturated rings. The quantitative estimate of drug-likeness (QED) is 0.0542. The molecule has 4 amide bonds. The molecule has 8 aromatic heterocycles. The smallest absolute Gasteiger partial charge is 0.244 e. The molecule has 6 aromatic carbocycles. The van der Waals surface area contributed by atoms with Crippen molar-refractivity contribution < 1.29 is 46.9 Å². The number of hydrogen-bond acceptors (Lipinski definition) is 25. The van der Waals surface area contributed by atoms with E-state index in [-0.39, 0.29) is 61.4 Å². The molecule has 4 aliphatic heterocycles. The van der Waals surface area contributed by atoms with Gasteiger partial charge in [0.15, 0.2) is 34.9 Å². The lowest BCUT2D eigenvalue weighted by Crippen LogP contribution is -2.50. The second-order valence-corrected chi connectivity index (χ2v) is 34.9. The minimum Gasteiger partial charge on any atom is -0.497 e. The van der Waals surface area contributed by atoms with Crippen LogP contribution < -0.4 is 38.5 Å². The Balaban J connectivity index is 0.000000128. The fraction of sp³-hybridized carbons (Fsp3) is 0.356. The van der Waals surface area contributed by atoms with Gasteiger partial charge < -0.3 is 58.1 Å². The van der Waals surface area contributed by atoms with Crippen LogP contribution >= 0.6 is 0 Å². The lowest BCUT2D eigenvalue weighted by molar-refractivity contribution is -0.133. The Morgan fingerprint density at radius 2 is 0.633 bits per heavy atom. The molecule has 0 atom stereocenters. The van der Waals surface area contributed by atoms with Crippen LogP contribution in [0, 0.1) is 18.6 Å². The number of carbonyl (C=O) groups is 4. The van der Waals surface area contributed by atoms with Gasteiger partial charge in [0, 0.05) is 181 Å². The molecule has 6 aliphatic rings. The number of aromatic nitrogens is 17. The highest BCUT2D eigenvalue weighted by Gasteiger charge is 2.33. The van der Waals surface area contributed by atoms with Gasteiger partial charge in [0.2, 0.25) is 29.6 Å². The third-order valence-corrected chi connectivity index (χ3v) is 25.9. The molecule has 718 valence electrons. The van der Waals surface area contributed by atoms with Crippen LogP contribution in [0.4, 0.5) is 32.2 Å². The van der Waals surface area contributed by atoms with Gasteiger partial charge in [0.25, 0.3) is 0 Å². The summed E-state index contributed by atoms with van der Waals surface area (Å²) < 4.78 is 55.3. The van der Waals surface area contributed by atoms with E-state index in [9.17, 15) is 28.0 Å². The first-order chi connectivity index (χ1) is 68.0. The summed E-state index contributed by atoms with van der Waals surface area (Å²) in [5.74, 6) is 11.7. The number of ether oxygens (including phenoxy) is 4. The largest absolute Gasteiger partial charge is 0.497 e. The van der Waals surface area contributed by atoms with Crippen molar-refractivity contribution in [3.8, 4) is 91.3 Å². The van der Waals surface area contributed by atoms with Crippen molar-refractivity contribution in [2.45, 2.75) is 109 Å². The number of amides is 4. The van der Waals surface area contributed by atoms with Crippen LogP contribution in [0.25, 0.3) is 68.3 Å². The molecule has 20 rings (SSSR count). The van der Waals surface area contributed by atoms with Crippen LogP contribution in [0.1, 0.15) is 93.3 Å². The molecular formula is C104H115F2N25O8. The van der Waals surface area contributed by atoms with Gasteiger partial charge in [-0.3, -0.25) is 19.2 Å². The summed E-state index contributed by atoms with van der Waals surface area (Å²) in [7, 11) is 6.51. The predicted molar refractivity (Wildman–Crippen MR) is 525 cm³/mol. The van der Waals surface area contributed by atoms with E-state index in [1.54, 1.807) is 86.9 Å². The number of methoxy groups -OCH3 is 4. The van der Waals surface area contributed by atoms with Crippen LogP contribution in [0.15, 0.2) is 231 Å². The average Bonchev–Trinajstić information content (AvgIpc) is 1.68. The Morgan fingerprint density at radius 1 is 0.302 bits per heavy atom. The summed E-state index contributed by atoms with van der Waals surface area (Å²) in [6.45, 7) is 13.5.